The standard InChI is InChI=1S/C17H25N5O3/c1-5-15(23)20(4)12-16(24)21-7-9-22(10-8-21)17-18-13(3)11-14(19-17)25-6-2/h5,11H,1,6-10,12H2,2-4H3. The summed E-state index contributed by atoms with van der Waals surface area (Å²) >= 11 is 0. The second-order valence-corrected chi connectivity index (χ2v) is 5.85. The molecule has 0 bridgehead atoms. The van der Waals surface area contributed by atoms with E-state index in [1.54, 1.807) is 18.0 Å². The van der Waals surface area contributed by atoms with Gasteiger partial charge in [-0.05, 0) is 19.9 Å². The quantitative estimate of drug-likeness (QED) is 0.697. The number of piperazine rings is 1. The summed E-state index contributed by atoms with van der Waals surface area (Å²) in [6.07, 6.45) is 1.20. The van der Waals surface area contributed by atoms with Gasteiger partial charge in [0.1, 0.15) is 0 Å². The molecular weight excluding hydrogens is 322 g/mol. The van der Waals surface area contributed by atoms with Crippen LogP contribution in [0.1, 0.15) is 12.6 Å². The zero-order valence-electron chi connectivity index (χ0n) is 15.1. The molecule has 0 spiro atoms. The van der Waals surface area contributed by atoms with Gasteiger partial charge in [0.2, 0.25) is 23.6 Å². The molecule has 1 fully saturated rings. The molecule has 1 aromatic heterocycles. The van der Waals surface area contributed by atoms with Crippen LogP contribution in [0.2, 0.25) is 0 Å². The Kier molecular flexibility index (Phi) is 6.32. The van der Waals surface area contributed by atoms with Gasteiger partial charge < -0.3 is 19.4 Å². The van der Waals surface area contributed by atoms with Crippen LogP contribution in [-0.4, -0.2) is 78.0 Å². The molecule has 0 radical (unpaired) electrons. The molecule has 25 heavy (non-hydrogen) atoms. The van der Waals surface area contributed by atoms with Crippen molar-refractivity contribution in [1.82, 2.24) is 19.8 Å². The van der Waals surface area contributed by atoms with E-state index >= 15 is 0 Å². The van der Waals surface area contributed by atoms with E-state index in [1.165, 1.54) is 11.0 Å². The maximum Gasteiger partial charge on any atom is 0.246 e. The molecular formula is C17H25N5O3. The SMILES string of the molecule is C=CC(=O)N(C)CC(=O)N1CCN(c2nc(C)cc(OCC)n2)CC1. The topological polar surface area (TPSA) is 78.9 Å². The maximum absolute atomic E-state index is 12.3. The van der Waals surface area contributed by atoms with E-state index in [0.29, 0.717) is 44.6 Å². The Morgan fingerprint density at radius 1 is 1.32 bits per heavy atom. The highest BCUT2D eigenvalue weighted by molar-refractivity contribution is 5.90. The first-order valence-corrected chi connectivity index (χ1v) is 8.33. The minimum absolute atomic E-state index is 0.0558. The summed E-state index contributed by atoms with van der Waals surface area (Å²) in [6, 6.07) is 1.80. The molecule has 1 aliphatic rings. The van der Waals surface area contributed by atoms with E-state index in [2.05, 4.69) is 16.5 Å². The fraction of sp³-hybridized carbons (Fsp3) is 0.529. The van der Waals surface area contributed by atoms with Gasteiger partial charge in [0.25, 0.3) is 0 Å². The maximum atomic E-state index is 12.3. The highest BCUT2D eigenvalue weighted by Gasteiger charge is 2.24. The third kappa shape index (κ3) is 4.91. The first-order valence-electron chi connectivity index (χ1n) is 8.33. The number of rotatable bonds is 6. The summed E-state index contributed by atoms with van der Waals surface area (Å²) in [7, 11) is 1.59. The highest BCUT2D eigenvalue weighted by atomic mass is 16.5. The third-order valence-electron chi connectivity index (χ3n) is 3.95. The Morgan fingerprint density at radius 3 is 2.60 bits per heavy atom. The van der Waals surface area contributed by atoms with Crippen molar-refractivity contribution in [3.8, 4) is 5.88 Å². The minimum Gasteiger partial charge on any atom is -0.478 e. The molecule has 0 saturated carbocycles. The number of likely N-dealkylation sites (N-methyl/N-ethyl adjacent to an activating group) is 1. The van der Waals surface area contributed by atoms with E-state index in [-0.39, 0.29) is 18.4 Å². The van der Waals surface area contributed by atoms with Crippen molar-refractivity contribution >= 4 is 17.8 Å². The van der Waals surface area contributed by atoms with Gasteiger partial charge in [0.05, 0.1) is 13.2 Å². The van der Waals surface area contributed by atoms with Gasteiger partial charge in [-0.3, -0.25) is 9.59 Å². The van der Waals surface area contributed by atoms with Crippen molar-refractivity contribution in [3.63, 3.8) is 0 Å². The van der Waals surface area contributed by atoms with Crippen molar-refractivity contribution in [2.45, 2.75) is 13.8 Å². The Balaban J connectivity index is 1.94. The largest absolute Gasteiger partial charge is 0.478 e. The average molecular weight is 347 g/mol. The average Bonchev–Trinajstić information content (AvgIpc) is 2.60. The molecule has 136 valence electrons. The lowest BCUT2D eigenvalue weighted by Crippen LogP contribution is -2.51. The predicted octanol–water partition coefficient (Wildman–Crippen LogP) is 0.477. The van der Waals surface area contributed by atoms with Gasteiger partial charge >= 0.3 is 0 Å². The van der Waals surface area contributed by atoms with Crippen LogP contribution in [0.4, 0.5) is 5.95 Å². The molecule has 0 aliphatic carbocycles. The Bertz CT molecular complexity index is 641. The molecule has 1 aliphatic heterocycles. The summed E-state index contributed by atoms with van der Waals surface area (Å²) in [5, 5.41) is 0. The highest BCUT2D eigenvalue weighted by Crippen LogP contribution is 2.17. The van der Waals surface area contributed by atoms with Crippen molar-refractivity contribution in [2.24, 2.45) is 0 Å². The number of hydrogen-bond donors (Lipinski definition) is 0. The van der Waals surface area contributed by atoms with Crippen LogP contribution in [0.5, 0.6) is 5.88 Å². The molecule has 2 amide bonds. The third-order valence-corrected chi connectivity index (χ3v) is 3.95. The first kappa shape index (κ1) is 18.7. The summed E-state index contributed by atoms with van der Waals surface area (Å²) in [5.74, 6) is 0.851. The second kappa shape index (κ2) is 8.46. The van der Waals surface area contributed by atoms with Gasteiger partial charge in [0, 0.05) is 45.0 Å². The summed E-state index contributed by atoms with van der Waals surface area (Å²) < 4.78 is 5.47. The molecule has 0 aromatic carbocycles. The zero-order chi connectivity index (χ0) is 18.4. The van der Waals surface area contributed by atoms with E-state index in [9.17, 15) is 9.59 Å². The smallest absolute Gasteiger partial charge is 0.246 e. The molecule has 1 saturated heterocycles. The van der Waals surface area contributed by atoms with Crippen LogP contribution in [0, 0.1) is 6.92 Å². The van der Waals surface area contributed by atoms with Gasteiger partial charge in [-0.15, -0.1) is 0 Å². The van der Waals surface area contributed by atoms with Crippen LogP contribution >= 0.6 is 0 Å². The lowest BCUT2D eigenvalue weighted by atomic mass is 10.3. The number of nitrogens with zero attached hydrogens (tertiary/aromatic N) is 5. The van der Waals surface area contributed by atoms with Crippen LogP contribution in [0.3, 0.4) is 0 Å². The van der Waals surface area contributed by atoms with Crippen LogP contribution < -0.4 is 9.64 Å². The lowest BCUT2D eigenvalue weighted by molar-refractivity contribution is -0.137. The number of aromatic nitrogens is 2. The van der Waals surface area contributed by atoms with E-state index in [1.807, 2.05) is 18.7 Å². The molecule has 2 rings (SSSR count). The van der Waals surface area contributed by atoms with Crippen molar-refractivity contribution < 1.29 is 14.3 Å². The summed E-state index contributed by atoms with van der Waals surface area (Å²) in [4.78, 5) is 37.8. The number of amides is 2. The van der Waals surface area contributed by atoms with Gasteiger partial charge in [-0.25, -0.2) is 4.98 Å². The number of carbonyl (C=O) groups is 2. The van der Waals surface area contributed by atoms with Crippen LogP contribution in [0.25, 0.3) is 0 Å². The number of hydrogen-bond acceptors (Lipinski definition) is 6. The van der Waals surface area contributed by atoms with Gasteiger partial charge in [-0.1, -0.05) is 6.58 Å². The number of ether oxygens (including phenoxy) is 1. The molecule has 8 nitrogen and oxygen atoms in total. The normalized spacial score (nSPS) is 14.2. The summed E-state index contributed by atoms with van der Waals surface area (Å²) in [6.45, 7) is 10.3. The monoisotopic (exact) mass is 347 g/mol. The van der Waals surface area contributed by atoms with E-state index in [0.717, 1.165) is 5.69 Å². The van der Waals surface area contributed by atoms with Crippen LogP contribution in [-0.2, 0) is 9.59 Å². The van der Waals surface area contributed by atoms with E-state index < -0.39 is 0 Å². The molecule has 0 N–H and O–H groups in total. The zero-order valence-corrected chi connectivity index (χ0v) is 15.1. The molecule has 8 heteroatoms. The first-order chi connectivity index (χ1) is 11.9. The predicted molar refractivity (Wildman–Crippen MR) is 94.6 cm³/mol. The Labute approximate surface area is 148 Å². The van der Waals surface area contributed by atoms with Gasteiger partial charge in [0.15, 0.2) is 0 Å². The second-order valence-electron chi connectivity index (χ2n) is 5.85. The van der Waals surface area contributed by atoms with E-state index in [4.69, 9.17) is 4.74 Å². The fourth-order valence-corrected chi connectivity index (χ4v) is 2.58. The van der Waals surface area contributed by atoms with Crippen molar-refractivity contribution in [2.75, 3.05) is 51.3 Å². The minimum atomic E-state index is -0.261. The summed E-state index contributed by atoms with van der Waals surface area (Å²) in [5.41, 5.74) is 0.844. The Morgan fingerprint density at radius 2 is 2.00 bits per heavy atom. The molecule has 0 atom stereocenters. The van der Waals surface area contributed by atoms with Gasteiger partial charge in [-0.2, -0.15) is 4.98 Å². The molecule has 0 unspecified atom stereocenters. The van der Waals surface area contributed by atoms with Crippen LogP contribution in [0.15, 0.2) is 18.7 Å². The van der Waals surface area contributed by atoms with Crippen molar-refractivity contribution in [1.29, 1.82) is 0 Å². The number of carbonyl (C=O) groups excluding carboxylic acids is 2. The number of aryl methyl sites for hydroxylation is 1. The Hall–Kier alpha value is -2.64. The number of anilines is 1. The molecule has 2 heterocycles. The fourth-order valence-electron chi connectivity index (χ4n) is 2.58. The van der Waals surface area contributed by atoms with Crippen molar-refractivity contribution in [3.05, 3.63) is 24.4 Å². The lowest BCUT2D eigenvalue weighted by Gasteiger charge is -2.35. The molecule has 1 aromatic rings.